The van der Waals surface area contributed by atoms with E-state index in [1.807, 2.05) is 18.4 Å². The maximum Gasteiger partial charge on any atom is 0.204 e. The van der Waals surface area contributed by atoms with Crippen molar-refractivity contribution in [1.29, 1.82) is 0 Å². The third kappa shape index (κ3) is 2.69. The molecule has 0 saturated carbocycles. The molecule has 1 aromatic heterocycles. The summed E-state index contributed by atoms with van der Waals surface area (Å²) in [5.41, 5.74) is 0.396. The molecule has 94 valence electrons. The molecular weight excluding hydrogens is 291 g/mol. The van der Waals surface area contributed by atoms with Crippen LogP contribution in [0.1, 0.15) is 22.2 Å². The van der Waals surface area contributed by atoms with E-state index in [9.17, 15) is 4.79 Å². The van der Waals surface area contributed by atoms with Gasteiger partial charge in [0.1, 0.15) is 5.75 Å². The van der Waals surface area contributed by atoms with Gasteiger partial charge in [-0.25, -0.2) is 0 Å². The van der Waals surface area contributed by atoms with Gasteiger partial charge in [-0.05, 0) is 24.4 Å². The lowest BCUT2D eigenvalue weighted by atomic mass is 10.1. The summed E-state index contributed by atoms with van der Waals surface area (Å²) in [5.74, 6) is 0.367. The molecule has 5 heteroatoms. The summed E-state index contributed by atoms with van der Waals surface area (Å²) in [7, 11) is 0. The number of rotatable bonds is 4. The first-order valence-corrected chi connectivity index (χ1v) is 6.97. The summed E-state index contributed by atoms with van der Waals surface area (Å²) >= 11 is 13.5. The van der Waals surface area contributed by atoms with Crippen LogP contribution in [0.25, 0.3) is 0 Å². The van der Waals surface area contributed by atoms with E-state index < -0.39 is 0 Å². The highest BCUT2D eigenvalue weighted by Gasteiger charge is 2.16. The van der Waals surface area contributed by atoms with Crippen molar-refractivity contribution < 1.29 is 9.53 Å². The molecule has 0 aliphatic carbocycles. The molecule has 0 saturated heterocycles. The molecule has 2 aromatic rings. The number of halogens is 2. The summed E-state index contributed by atoms with van der Waals surface area (Å²) < 4.78 is 5.32. The fraction of sp³-hybridized carbons (Fsp3) is 0.154. The van der Waals surface area contributed by atoms with Crippen LogP contribution in [-0.2, 0) is 0 Å². The first-order valence-electron chi connectivity index (χ1n) is 5.33. The Hall–Kier alpha value is -1.03. The zero-order valence-corrected chi connectivity index (χ0v) is 11.9. The van der Waals surface area contributed by atoms with Crippen LogP contribution in [0.4, 0.5) is 0 Å². The Balaban J connectivity index is 2.40. The molecule has 0 radical (unpaired) electrons. The van der Waals surface area contributed by atoms with Gasteiger partial charge in [0.2, 0.25) is 5.78 Å². The number of ketones is 1. The quantitative estimate of drug-likeness (QED) is 0.766. The van der Waals surface area contributed by atoms with Crippen molar-refractivity contribution >= 4 is 40.3 Å². The molecule has 2 nitrogen and oxygen atoms in total. The second kappa shape index (κ2) is 5.74. The molecule has 0 unspecified atom stereocenters. The number of thiophene rings is 1. The average Bonchev–Trinajstić information content (AvgIpc) is 2.86. The Morgan fingerprint density at radius 2 is 2.11 bits per heavy atom. The minimum Gasteiger partial charge on any atom is -0.492 e. The van der Waals surface area contributed by atoms with Crippen LogP contribution in [0.5, 0.6) is 5.75 Å². The van der Waals surface area contributed by atoms with E-state index in [0.29, 0.717) is 32.8 Å². The highest BCUT2D eigenvalue weighted by molar-refractivity contribution is 7.12. The molecule has 18 heavy (non-hydrogen) atoms. The van der Waals surface area contributed by atoms with Gasteiger partial charge in [-0.3, -0.25) is 4.79 Å². The predicted molar refractivity (Wildman–Crippen MR) is 75.4 cm³/mol. The van der Waals surface area contributed by atoms with Gasteiger partial charge in [-0.2, -0.15) is 0 Å². The fourth-order valence-corrected chi connectivity index (χ4v) is 2.64. The topological polar surface area (TPSA) is 26.3 Å². The van der Waals surface area contributed by atoms with E-state index in [2.05, 4.69) is 0 Å². The summed E-state index contributed by atoms with van der Waals surface area (Å²) in [6.45, 7) is 2.35. The van der Waals surface area contributed by atoms with E-state index in [1.54, 1.807) is 18.2 Å². The average molecular weight is 301 g/mol. The van der Waals surface area contributed by atoms with Gasteiger partial charge in [-0.1, -0.05) is 29.3 Å². The van der Waals surface area contributed by atoms with Crippen LogP contribution >= 0.6 is 34.5 Å². The Labute approximate surface area is 119 Å². The van der Waals surface area contributed by atoms with Gasteiger partial charge in [0, 0.05) is 11.6 Å². The van der Waals surface area contributed by atoms with Crippen LogP contribution in [0.3, 0.4) is 0 Å². The predicted octanol–water partition coefficient (Wildman–Crippen LogP) is 4.68. The van der Waals surface area contributed by atoms with Gasteiger partial charge in [0.25, 0.3) is 0 Å². The van der Waals surface area contributed by atoms with Crippen molar-refractivity contribution in [3.8, 4) is 5.75 Å². The Morgan fingerprint density at radius 1 is 1.33 bits per heavy atom. The van der Waals surface area contributed by atoms with E-state index >= 15 is 0 Å². The summed E-state index contributed by atoms with van der Waals surface area (Å²) in [5, 5.41) is 2.58. The summed E-state index contributed by atoms with van der Waals surface area (Å²) in [6.07, 6.45) is 0. The Morgan fingerprint density at radius 3 is 2.72 bits per heavy atom. The molecule has 0 N–H and O–H groups in total. The first-order chi connectivity index (χ1) is 8.63. The number of benzene rings is 1. The van der Waals surface area contributed by atoms with Crippen molar-refractivity contribution in [2.45, 2.75) is 6.92 Å². The molecule has 0 fully saturated rings. The number of hydrogen-bond donors (Lipinski definition) is 0. The lowest BCUT2D eigenvalue weighted by Crippen LogP contribution is -2.01. The zero-order valence-electron chi connectivity index (χ0n) is 9.57. The van der Waals surface area contributed by atoms with Gasteiger partial charge >= 0.3 is 0 Å². The molecule has 0 atom stereocenters. The molecule has 0 bridgehead atoms. The van der Waals surface area contributed by atoms with E-state index in [-0.39, 0.29) is 5.78 Å². The van der Waals surface area contributed by atoms with Gasteiger partial charge in [-0.15, -0.1) is 11.3 Å². The zero-order chi connectivity index (χ0) is 13.1. The molecule has 0 amide bonds. The van der Waals surface area contributed by atoms with Crippen molar-refractivity contribution in [3.63, 3.8) is 0 Å². The van der Waals surface area contributed by atoms with E-state index in [4.69, 9.17) is 27.9 Å². The van der Waals surface area contributed by atoms with E-state index in [0.717, 1.165) is 0 Å². The fourth-order valence-electron chi connectivity index (χ4n) is 1.51. The summed E-state index contributed by atoms with van der Waals surface area (Å²) in [4.78, 5) is 12.8. The molecular formula is C13H10Cl2O2S. The molecule has 1 aromatic carbocycles. The number of carbonyl (C=O) groups is 1. The second-order valence-electron chi connectivity index (χ2n) is 3.50. The molecule has 2 rings (SSSR count). The van der Waals surface area contributed by atoms with Gasteiger partial charge < -0.3 is 4.74 Å². The van der Waals surface area contributed by atoms with Gasteiger partial charge in [0.15, 0.2) is 0 Å². The maximum atomic E-state index is 12.2. The smallest absolute Gasteiger partial charge is 0.204 e. The lowest BCUT2D eigenvalue weighted by Gasteiger charge is -2.09. The van der Waals surface area contributed by atoms with Crippen LogP contribution in [0, 0.1) is 0 Å². The SMILES string of the molecule is CCOc1cc(Cl)c(C(=O)c2cccs2)cc1Cl. The number of hydrogen-bond acceptors (Lipinski definition) is 3. The third-order valence-corrected chi connectivity index (χ3v) is 3.79. The van der Waals surface area contributed by atoms with Crippen LogP contribution < -0.4 is 4.74 Å². The van der Waals surface area contributed by atoms with Crippen molar-refractivity contribution in [2.75, 3.05) is 6.61 Å². The lowest BCUT2D eigenvalue weighted by molar-refractivity contribution is 0.104. The van der Waals surface area contributed by atoms with Crippen LogP contribution in [-0.4, -0.2) is 12.4 Å². The minimum absolute atomic E-state index is 0.125. The first kappa shape index (κ1) is 13.4. The highest BCUT2D eigenvalue weighted by atomic mass is 35.5. The normalized spacial score (nSPS) is 10.4. The number of ether oxygens (including phenoxy) is 1. The minimum atomic E-state index is -0.125. The summed E-state index contributed by atoms with van der Waals surface area (Å²) in [6, 6.07) is 6.71. The monoisotopic (exact) mass is 300 g/mol. The van der Waals surface area contributed by atoms with Crippen LogP contribution in [0.2, 0.25) is 10.0 Å². The second-order valence-corrected chi connectivity index (χ2v) is 5.26. The molecule has 0 aliphatic heterocycles. The van der Waals surface area contributed by atoms with Crippen LogP contribution in [0.15, 0.2) is 29.6 Å². The molecule has 0 spiro atoms. The standard InChI is InChI=1S/C13H10Cl2O2S/c1-2-17-11-7-9(14)8(6-10(11)15)13(16)12-4-3-5-18-12/h3-7H,2H2,1H3. The highest BCUT2D eigenvalue weighted by Crippen LogP contribution is 2.32. The van der Waals surface area contributed by atoms with Gasteiger partial charge in [0.05, 0.1) is 21.5 Å². The Bertz CT molecular complexity index is 565. The maximum absolute atomic E-state index is 12.2. The number of carbonyl (C=O) groups excluding carboxylic acids is 1. The van der Waals surface area contributed by atoms with Crippen molar-refractivity contribution in [1.82, 2.24) is 0 Å². The largest absolute Gasteiger partial charge is 0.492 e. The molecule has 1 heterocycles. The Kier molecular flexibility index (Phi) is 4.27. The molecule has 0 aliphatic rings. The van der Waals surface area contributed by atoms with Crippen molar-refractivity contribution in [3.05, 3.63) is 50.1 Å². The third-order valence-electron chi connectivity index (χ3n) is 2.31. The van der Waals surface area contributed by atoms with E-state index in [1.165, 1.54) is 11.3 Å². The van der Waals surface area contributed by atoms with Crippen molar-refractivity contribution in [2.24, 2.45) is 0 Å².